The molecule has 0 saturated heterocycles. The third-order valence-electron chi connectivity index (χ3n) is 4.47. The Morgan fingerprint density at radius 3 is 2.80 bits per heavy atom. The quantitative estimate of drug-likeness (QED) is 0.486. The maximum Gasteiger partial charge on any atom is 0.278 e. The van der Waals surface area contributed by atoms with Crippen LogP contribution in [0.5, 0.6) is 0 Å². The Hall–Kier alpha value is -2.75. The highest BCUT2D eigenvalue weighted by molar-refractivity contribution is 7.90. The molecule has 0 aliphatic carbocycles. The van der Waals surface area contributed by atoms with E-state index in [-0.39, 0.29) is 10.9 Å². The van der Waals surface area contributed by atoms with Crippen LogP contribution in [0.25, 0.3) is 5.52 Å². The zero-order chi connectivity index (χ0) is 21.5. The van der Waals surface area contributed by atoms with E-state index < -0.39 is 15.7 Å². The van der Waals surface area contributed by atoms with E-state index >= 15 is 0 Å². The second-order valence-electron chi connectivity index (χ2n) is 6.78. The zero-order valence-electron chi connectivity index (χ0n) is 16.1. The molecule has 0 unspecified atom stereocenters. The van der Waals surface area contributed by atoms with Crippen molar-refractivity contribution < 1.29 is 13.2 Å². The third kappa shape index (κ3) is 3.96. The maximum atomic E-state index is 12.8. The van der Waals surface area contributed by atoms with Crippen LogP contribution in [0.2, 0.25) is 5.02 Å². The van der Waals surface area contributed by atoms with Gasteiger partial charge in [-0.2, -0.15) is 0 Å². The molecule has 0 spiro atoms. The van der Waals surface area contributed by atoms with Crippen LogP contribution in [0.1, 0.15) is 26.5 Å². The SMILES string of the molecule is Cc1cccc(Cc2cnc(NC(=O)c3nc(S(C)(=O)=O)n4ccccc34)s2)c1Cl. The number of imidazole rings is 1. The minimum absolute atomic E-state index is 0.0227. The number of rotatable bonds is 5. The number of carbonyl (C=O) groups is 1. The van der Waals surface area contributed by atoms with E-state index in [9.17, 15) is 13.2 Å². The average Bonchev–Trinajstić information content (AvgIpc) is 3.29. The molecule has 3 aromatic heterocycles. The molecule has 0 bridgehead atoms. The highest BCUT2D eigenvalue weighted by Crippen LogP contribution is 2.27. The Kier molecular flexibility index (Phi) is 5.35. The lowest BCUT2D eigenvalue weighted by Gasteiger charge is -2.04. The van der Waals surface area contributed by atoms with Gasteiger partial charge >= 0.3 is 0 Å². The number of amides is 1. The number of pyridine rings is 1. The number of aryl methyl sites for hydroxylation is 1. The van der Waals surface area contributed by atoms with Gasteiger partial charge in [0, 0.05) is 35.0 Å². The molecule has 30 heavy (non-hydrogen) atoms. The van der Waals surface area contributed by atoms with Crippen LogP contribution in [-0.4, -0.2) is 34.9 Å². The Morgan fingerprint density at radius 2 is 2.03 bits per heavy atom. The second-order valence-corrected chi connectivity index (χ2v) is 10.2. The molecule has 0 saturated carbocycles. The van der Waals surface area contributed by atoms with Gasteiger partial charge in [0.2, 0.25) is 15.0 Å². The van der Waals surface area contributed by atoms with Gasteiger partial charge in [0.15, 0.2) is 10.8 Å². The number of fused-ring (bicyclic) bond motifs is 1. The summed E-state index contributed by atoms with van der Waals surface area (Å²) in [5, 5.41) is 3.65. The molecule has 1 aromatic carbocycles. The summed E-state index contributed by atoms with van der Waals surface area (Å²) in [4.78, 5) is 22.1. The van der Waals surface area contributed by atoms with Crippen LogP contribution >= 0.6 is 22.9 Å². The minimum Gasteiger partial charge on any atom is -0.296 e. The van der Waals surface area contributed by atoms with Crippen molar-refractivity contribution >= 4 is 49.3 Å². The molecule has 1 N–H and O–H groups in total. The van der Waals surface area contributed by atoms with E-state index in [2.05, 4.69) is 15.3 Å². The molecular formula is C20H17ClN4O3S2. The number of nitrogens with one attached hydrogen (secondary N) is 1. The molecule has 0 aliphatic heterocycles. The summed E-state index contributed by atoms with van der Waals surface area (Å²) in [6.07, 6.45) is 4.90. The molecule has 10 heteroatoms. The summed E-state index contributed by atoms with van der Waals surface area (Å²) in [6, 6.07) is 10.9. The number of halogens is 1. The first-order chi connectivity index (χ1) is 14.2. The largest absolute Gasteiger partial charge is 0.296 e. The molecule has 3 heterocycles. The monoisotopic (exact) mass is 460 g/mol. The minimum atomic E-state index is -3.61. The Bertz CT molecular complexity index is 1380. The molecule has 0 radical (unpaired) electrons. The van der Waals surface area contributed by atoms with E-state index in [1.807, 2.05) is 25.1 Å². The summed E-state index contributed by atoms with van der Waals surface area (Å²) >= 11 is 7.69. The van der Waals surface area contributed by atoms with Crippen LogP contribution in [0, 0.1) is 6.92 Å². The smallest absolute Gasteiger partial charge is 0.278 e. The van der Waals surface area contributed by atoms with E-state index in [0.717, 1.165) is 22.3 Å². The van der Waals surface area contributed by atoms with Crippen molar-refractivity contribution in [3.8, 4) is 0 Å². The number of aromatic nitrogens is 3. The molecular weight excluding hydrogens is 444 g/mol. The lowest BCUT2D eigenvalue weighted by molar-refractivity contribution is 0.102. The summed E-state index contributed by atoms with van der Waals surface area (Å²) in [6.45, 7) is 1.95. The van der Waals surface area contributed by atoms with Gasteiger partial charge in [-0.25, -0.2) is 18.4 Å². The first kappa shape index (κ1) is 20.5. The highest BCUT2D eigenvalue weighted by atomic mass is 35.5. The van der Waals surface area contributed by atoms with Gasteiger partial charge in [0.05, 0.1) is 5.52 Å². The number of nitrogens with zero attached hydrogens (tertiary/aromatic N) is 3. The standard InChI is InChI=1S/C20H17ClN4O3S2/c1-12-6-5-7-13(16(12)21)10-14-11-22-19(29-14)24-18(26)17-15-8-3-4-9-25(15)20(23-17)30(2,27)28/h3-9,11H,10H2,1-2H3,(H,22,24,26). The third-order valence-corrected chi connectivity index (χ3v) is 6.88. The molecule has 7 nitrogen and oxygen atoms in total. The van der Waals surface area contributed by atoms with Gasteiger partial charge in [-0.1, -0.05) is 35.9 Å². The van der Waals surface area contributed by atoms with Gasteiger partial charge < -0.3 is 0 Å². The average molecular weight is 461 g/mol. The summed E-state index contributed by atoms with van der Waals surface area (Å²) < 4.78 is 25.5. The van der Waals surface area contributed by atoms with Crippen molar-refractivity contribution in [2.75, 3.05) is 11.6 Å². The van der Waals surface area contributed by atoms with Crippen LogP contribution in [0.4, 0.5) is 5.13 Å². The zero-order valence-corrected chi connectivity index (χ0v) is 18.5. The molecule has 0 aliphatic rings. The van der Waals surface area contributed by atoms with Crippen LogP contribution in [0.15, 0.2) is 53.9 Å². The van der Waals surface area contributed by atoms with Crippen molar-refractivity contribution in [1.29, 1.82) is 0 Å². The van der Waals surface area contributed by atoms with Crippen molar-refractivity contribution in [1.82, 2.24) is 14.4 Å². The number of thiazole rings is 1. The van der Waals surface area contributed by atoms with Crippen LogP contribution in [-0.2, 0) is 16.3 Å². The van der Waals surface area contributed by atoms with Gasteiger partial charge in [-0.3, -0.25) is 14.5 Å². The number of hydrogen-bond donors (Lipinski definition) is 1. The number of benzene rings is 1. The summed E-state index contributed by atoms with van der Waals surface area (Å²) in [5.41, 5.74) is 2.41. The molecule has 4 rings (SSSR count). The lowest BCUT2D eigenvalue weighted by atomic mass is 10.1. The summed E-state index contributed by atoms with van der Waals surface area (Å²) in [7, 11) is -3.61. The highest BCUT2D eigenvalue weighted by Gasteiger charge is 2.23. The normalized spacial score (nSPS) is 11.7. The van der Waals surface area contributed by atoms with Gasteiger partial charge in [-0.05, 0) is 30.2 Å². The van der Waals surface area contributed by atoms with Crippen molar-refractivity contribution in [2.24, 2.45) is 0 Å². The van der Waals surface area contributed by atoms with Gasteiger partial charge in [0.25, 0.3) is 5.91 Å². The molecule has 154 valence electrons. The Balaban J connectivity index is 1.59. The van der Waals surface area contributed by atoms with Crippen molar-refractivity contribution in [3.63, 3.8) is 0 Å². The molecule has 0 fully saturated rings. The number of anilines is 1. The van der Waals surface area contributed by atoms with E-state index in [1.165, 1.54) is 15.7 Å². The van der Waals surface area contributed by atoms with E-state index in [1.54, 1.807) is 30.6 Å². The maximum absolute atomic E-state index is 12.8. The number of carbonyl (C=O) groups excluding carboxylic acids is 1. The number of sulfone groups is 1. The van der Waals surface area contributed by atoms with Crippen molar-refractivity contribution in [3.05, 3.63) is 75.5 Å². The molecule has 0 atom stereocenters. The Morgan fingerprint density at radius 1 is 1.23 bits per heavy atom. The van der Waals surface area contributed by atoms with Crippen LogP contribution in [0.3, 0.4) is 0 Å². The fraction of sp³-hybridized carbons (Fsp3) is 0.150. The predicted octanol–water partition coefficient (Wildman–Crippen LogP) is 4.00. The van der Waals surface area contributed by atoms with Gasteiger partial charge in [-0.15, -0.1) is 11.3 Å². The van der Waals surface area contributed by atoms with Crippen LogP contribution < -0.4 is 5.32 Å². The topological polar surface area (TPSA) is 93.4 Å². The molecule has 1 amide bonds. The fourth-order valence-electron chi connectivity index (χ4n) is 3.07. The second kappa shape index (κ2) is 7.82. The fourth-order valence-corrected chi connectivity index (χ4v) is 4.87. The predicted molar refractivity (Wildman–Crippen MR) is 117 cm³/mol. The number of hydrogen-bond acceptors (Lipinski definition) is 6. The van der Waals surface area contributed by atoms with Gasteiger partial charge in [0.1, 0.15) is 0 Å². The summed E-state index contributed by atoms with van der Waals surface area (Å²) in [5.74, 6) is -0.525. The first-order valence-electron chi connectivity index (χ1n) is 8.91. The van der Waals surface area contributed by atoms with Crippen molar-refractivity contribution in [2.45, 2.75) is 18.5 Å². The first-order valence-corrected chi connectivity index (χ1v) is 12.0. The molecule has 4 aromatic rings. The van der Waals surface area contributed by atoms with E-state index in [4.69, 9.17) is 11.6 Å². The lowest BCUT2D eigenvalue weighted by Crippen LogP contribution is -2.12. The van der Waals surface area contributed by atoms with E-state index in [0.29, 0.717) is 22.1 Å². The Labute approximate surface area is 182 Å².